The lowest BCUT2D eigenvalue weighted by molar-refractivity contribution is -0.144. The second-order valence-electron chi connectivity index (χ2n) is 7.05. The molecule has 0 saturated carbocycles. The van der Waals surface area contributed by atoms with Crippen molar-refractivity contribution in [1.82, 2.24) is 24.8 Å². The number of rotatable bonds is 2. The highest BCUT2D eigenvalue weighted by atomic mass is 19.4. The van der Waals surface area contributed by atoms with Crippen molar-refractivity contribution in [2.24, 2.45) is 0 Å². The van der Waals surface area contributed by atoms with Crippen LogP contribution in [0.5, 0.6) is 0 Å². The van der Waals surface area contributed by atoms with Gasteiger partial charge < -0.3 is 0 Å². The minimum absolute atomic E-state index is 0.208. The Morgan fingerprint density at radius 1 is 1.21 bits per heavy atom. The minimum Gasteiger partial charge on any atom is -0.278 e. The third-order valence-corrected chi connectivity index (χ3v) is 5.18. The molecule has 1 N–H and O–H groups in total. The number of H-pyrrole nitrogens is 1. The van der Waals surface area contributed by atoms with Crippen molar-refractivity contribution in [3.63, 3.8) is 0 Å². The van der Waals surface area contributed by atoms with Gasteiger partial charge in [0.05, 0.1) is 11.7 Å². The number of pyridine rings is 1. The summed E-state index contributed by atoms with van der Waals surface area (Å²) in [5.74, 6) is -1.13. The van der Waals surface area contributed by atoms with Crippen LogP contribution < -0.4 is 0 Å². The lowest BCUT2D eigenvalue weighted by atomic mass is 9.93. The monoisotopic (exact) mass is 383 g/mol. The van der Waals surface area contributed by atoms with E-state index in [1.165, 1.54) is 4.52 Å². The third-order valence-electron chi connectivity index (χ3n) is 5.18. The van der Waals surface area contributed by atoms with Crippen LogP contribution in [-0.4, -0.2) is 24.8 Å². The maximum atomic E-state index is 13.2. The summed E-state index contributed by atoms with van der Waals surface area (Å²) in [7, 11) is 0. The van der Waals surface area contributed by atoms with Crippen LogP contribution in [0.15, 0.2) is 36.7 Å². The summed E-state index contributed by atoms with van der Waals surface area (Å²) in [6.07, 6.45) is 3.74. The Kier molecular flexibility index (Phi) is 3.59. The number of fused-ring (bicyclic) bond motifs is 2. The molecule has 0 radical (unpaired) electrons. The smallest absolute Gasteiger partial charge is 0.278 e. The molecule has 0 atom stereocenters. The summed E-state index contributed by atoms with van der Waals surface area (Å²) in [6.45, 7) is 1.95. The lowest BCUT2D eigenvalue weighted by Crippen LogP contribution is -2.07. The molecule has 0 amide bonds. The van der Waals surface area contributed by atoms with Gasteiger partial charge in [-0.05, 0) is 66.6 Å². The fraction of sp³-hybridized carbons (Fsp3) is 0.250. The Labute approximate surface area is 157 Å². The number of benzene rings is 1. The molecule has 1 aliphatic carbocycles. The van der Waals surface area contributed by atoms with Gasteiger partial charge in [-0.2, -0.15) is 18.3 Å². The first-order valence-corrected chi connectivity index (χ1v) is 9.02. The first-order valence-electron chi connectivity index (χ1n) is 9.02. The van der Waals surface area contributed by atoms with Crippen molar-refractivity contribution >= 4 is 22.1 Å². The number of hydrogen-bond acceptors (Lipinski definition) is 3. The number of allylic oxidation sites excluding steroid dienone is 2. The molecule has 5 nitrogen and oxygen atoms in total. The second kappa shape index (κ2) is 5.92. The van der Waals surface area contributed by atoms with Crippen LogP contribution >= 0.6 is 0 Å². The molecule has 0 fully saturated rings. The fourth-order valence-electron chi connectivity index (χ4n) is 3.91. The van der Waals surface area contributed by atoms with E-state index in [2.05, 4.69) is 26.4 Å². The van der Waals surface area contributed by atoms with E-state index in [0.717, 1.165) is 52.4 Å². The summed E-state index contributed by atoms with van der Waals surface area (Å²) in [6, 6.07) is 5.72. The number of halogens is 3. The van der Waals surface area contributed by atoms with E-state index in [9.17, 15) is 13.2 Å². The molecule has 0 bridgehead atoms. The molecule has 1 aliphatic rings. The maximum absolute atomic E-state index is 13.2. The molecule has 142 valence electrons. The quantitative estimate of drug-likeness (QED) is 0.520. The molecule has 28 heavy (non-hydrogen) atoms. The molecular formula is C20H16F3N5. The third kappa shape index (κ3) is 2.59. The fourth-order valence-corrected chi connectivity index (χ4v) is 3.91. The van der Waals surface area contributed by atoms with Gasteiger partial charge in [0.15, 0.2) is 5.65 Å². The molecule has 0 saturated heterocycles. The van der Waals surface area contributed by atoms with Crippen molar-refractivity contribution in [2.45, 2.75) is 32.4 Å². The SMILES string of the molecule is Cc1cc(-c2c(C3=CCCC3)ccn3nc(C(F)(F)F)nc23)cc2cn[nH]c12. The molecule has 1 aromatic carbocycles. The van der Waals surface area contributed by atoms with E-state index in [0.29, 0.717) is 5.56 Å². The number of hydrogen-bond donors (Lipinski definition) is 1. The topological polar surface area (TPSA) is 58.9 Å². The number of aryl methyl sites for hydroxylation is 1. The molecule has 0 unspecified atom stereocenters. The Bertz CT molecular complexity index is 1250. The molecule has 3 heterocycles. The van der Waals surface area contributed by atoms with Gasteiger partial charge in [-0.25, -0.2) is 9.50 Å². The molecule has 0 aliphatic heterocycles. The minimum atomic E-state index is -4.60. The van der Waals surface area contributed by atoms with E-state index < -0.39 is 12.0 Å². The number of aromatic nitrogens is 5. The Hall–Kier alpha value is -3.16. The largest absolute Gasteiger partial charge is 0.453 e. The number of nitrogens with zero attached hydrogens (tertiary/aromatic N) is 4. The van der Waals surface area contributed by atoms with E-state index in [-0.39, 0.29) is 5.65 Å². The van der Waals surface area contributed by atoms with Crippen molar-refractivity contribution in [2.75, 3.05) is 0 Å². The zero-order chi connectivity index (χ0) is 19.5. The van der Waals surface area contributed by atoms with Crippen LogP contribution in [0.4, 0.5) is 13.2 Å². The van der Waals surface area contributed by atoms with Gasteiger partial charge in [0.1, 0.15) is 0 Å². The molecule has 4 aromatic rings. The van der Waals surface area contributed by atoms with Gasteiger partial charge in [0.25, 0.3) is 5.82 Å². The summed E-state index contributed by atoms with van der Waals surface area (Å²) in [5.41, 5.74) is 5.61. The van der Waals surface area contributed by atoms with Gasteiger partial charge in [-0.15, -0.1) is 5.10 Å². The summed E-state index contributed by atoms with van der Waals surface area (Å²) in [4.78, 5) is 3.87. The van der Waals surface area contributed by atoms with Crippen LogP contribution in [0, 0.1) is 6.92 Å². The lowest BCUT2D eigenvalue weighted by Gasteiger charge is -2.13. The second-order valence-corrected chi connectivity index (χ2v) is 7.05. The molecule has 3 aromatic heterocycles. The predicted molar refractivity (Wildman–Crippen MR) is 99.6 cm³/mol. The van der Waals surface area contributed by atoms with Crippen LogP contribution in [0.2, 0.25) is 0 Å². The highest BCUT2D eigenvalue weighted by Gasteiger charge is 2.37. The molecule has 5 rings (SSSR count). The van der Waals surface area contributed by atoms with E-state index in [1.807, 2.05) is 25.1 Å². The predicted octanol–water partition coefficient (Wildman–Crippen LogP) is 5.17. The van der Waals surface area contributed by atoms with Crippen LogP contribution in [0.1, 0.15) is 36.2 Å². The average molecular weight is 383 g/mol. The molecule has 8 heteroatoms. The van der Waals surface area contributed by atoms with Gasteiger partial charge in [0, 0.05) is 17.1 Å². The molecular weight excluding hydrogens is 367 g/mol. The average Bonchev–Trinajstić information content (AvgIpc) is 3.38. The van der Waals surface area contributed by atoms with Crippen LogP contribution in [0.25, 0.3) is 33.3 Å². The van der Waals surface area contributed by atoms with Crippen LogP contribution in [-0.2, 0) is 6.18 Å². The van der Waals surface area contributed by atoms with E-state index in [4.69, 9.17) is 0 Å². The van der Waals surface area contributed by atoms with Crippen molar-refractivity contribution in [1.29, 1.82) is 0 Å². The van der Waals surface area contributed by atoms with Crippen molar-refractivity contribution < 1.29 is 13.2 Å². The van der Waals surface area contributed by atoms with Crippen molar-refractivity contribution in [3.05, 3.63) is 53.6 Å². The number of nitrogens with one attached hydrogen (secondary N) is 1. The first kappa shape index (κ1) is 17.0. The normalized spacial score (nSPS) is 14.9. The van der Waals surface area contributed by atoms with Gasteiger partial charge in [0.2, 0.25) is 0 Å². The Balaban J connectivity index is 1.84. The number of alkyl halides is 3. The zero-order valence-corrected chi connectivity index (χ0v) is 15.0. The standard InChI is InChI=1S/C20H16F3N5/c1-11-8-13(9-14-10-24-26-17(11)14)16-15(12-4-2-3-5-12)6-7-28-18(16)25-19(27-28)20(21,22)23/h4,6-10H,2-3,5H2,1H3,(H,24,26). The van der Waals surface area contributed by atoms with E-state index >= 15 is 0 Å². The number of aromatic amines is 1. The maximum Gasteiger partial charge on any atom is 0.453 e. The summed E-state index contributed by atoms with van der Waals surface area (Å²) in [5, 5.41) is 11.6. The summed E-state index contributed by atoms with van der Waals surface area (Å²) >= 11 is 0. The van der Waals surface area contributed by atoms with Gasteiger partial charge in [-0.3, -0.25) is 5.10 Å². The Morgan fingerprint density at radius 3 is 2.82 bits per heavy atom. The Morgan fingerprint density at radius 2 is 2.07 bits per heavy atom. The zero-order valence-electron chi connectivity index (χ0n) is 15.0. The first-order chi connectivity index (χ1) is 13.4. The summed E-state index contributed by atoms with van der Waals surface area (Å²) < 4.78 is 40.9. The highest BCUT2D eigenvalue weighted by molar-refractivity contribution is 5.94. The van der Waals surface area contributed by atoms with Gasteiger partial charge >= 0.3 is 6.18 Å². The van der Waals surface area contributed by atoms with Crippen molar-refractivity contribution in [3.8, 4) is 11.1 Å². The highest BCUT2D eigenvalue weighted by Crippen LogP contribution is 2.39. The van der Waals surface area contributed by atoms with Gasteiger partial charge in [-0.1, -0.05) is 6.08 Å². The van der Waals surface area contributed by atoms with Crippen LogP contribution in [0.3, 0.4) is 0 Å². The molecule has 0 spiro atoms. The van der Waals surface area contributed by atoms with E-state index in [1.54, 1.807) is 12.4 Å².